The molecule has 1 saturated carbocycles. The fourth-order valence-electron chi connectivity index (χ4n) is 2.63. The van der Waals surface area contributed by atoms with Crippen LogP contribution in [0.5, 0.6) is 0 Å². The molecular weight excluding hydrogens is 254 g/mol. The molecular formula is C15H21N3O2. The third-order valence-corrected chi connectivity index (χ3v) is 3.84. The summed E-state index contributed by atoms with van der Waals surface area (Å²) >= 11 is 0. The molecule has 0 bridgehead atoms. The summed E-state index contributed by atoms with van der Waals surface area (Å²) in [5.74, 6) is 0.470. The first-order valence-electron chi connectivity index (χ1n) is 7.03. The predicted octanol–water partition coefficient (Wildman–Crippen LogP) is 2.49. The Labute approximate surface area is 118 Å². The number of anilines is 1. The average molecular weight is 275 g/mol. The number of hydrogen-bond acceptors (Lipinski definition) is 2. The van der Waals surface area contributed by atoms with Crippen molar-refractivity contribution in [2.45, 2.75) is 38.6 Å². The fourth-order valence-corrected chi connectivity index (χ4v) is 2.63. The Bertz CT molecular complexity index is 484. The first-order chi connectivity index (χ1) is 9.56. The van der Waals surface area contributed by atoms with Crippen molar-refractivity contribution in [3.8, 4) is 0 Å². The lowest BCUT2D eigenvalue weighted by atomic mass is 9.86. The van der Waals surface area contributed by atoms with Gasteiger partial charge >= 0.3 is 6.03 Å². The predicted molar refractivity (Wildman–Crippen MR) is 78.5 cm³/mol. The molecule has 1 aliphatic rings. The normalized spacial score (nSPS) is 22.1. The standard InChI is InChI=1S/C15H21N3O2/c1-10-4-2-3-5-13(10)18-14(19)11-6-8-12(9-7-11)17-15(16)20/h6-10,13H,2-5H2,1H3,(H,18,19)(H3,16,17,20). The molecule has 2 rings (SSSR count). The summed E-state index contributed by atoms with van der Waals surface area (Å²) < 4.78 is 0. The topological polar surface area (TPSA) is 84.2 Å². The van der Waals surface area contributed by atoms with E-state index in [0.717, 1.165) is 6.42 Å². The molecule has 0 aromatic heterocycles. The third-order valence-electron chi connectivity index (χ3n) is 3.84. The van der Waals surface area contributed by atoms with Gasteiger partial charge in [-0.2, -0.15) is 0 Å². The van der Waals surface area contributed by atoms with Crippen molar-refractivity contribution in [2.75, 3.05) is 5.32 Å². The molecule has 1 aromatic carbocycles. The van der Waals surface area contributed by atoms with Gasteiger partial charge in [-0.1, -0.05) is 19.8 Å². The second-order valence-corrected chi connectivity index (χ2v) is 5.41. The zero-order valence-corrected chi connectivity index (χ0v) is 11.7. The van der Waals surface area contributed by atoms with Crippen LogP contribution in [-0.2, 0) is 0 Å². The van der Waals surface area contributed by atoms with Crippen LogP contribution in [0.4, 0.5) is 10.5 Å². The van der Waals surface area contributed by atoms with E-state index in [9.17, 15) is 9.59 Å². The van der Waals surface area contributed by atoms with Gasteiger partial charge < -0.3 is 16.4 Å². The lowest BCUT2D eigenvalue weighted by Gasteiger charge is -2.29. The van der Waals surface area contributed by atoms with Crippen LogP contribution < -0.4 is 16.4 Å². The van der Waals surface area contributed by atoms with Crippen LogP contribution in [0.15, 0.2) is 24.3 Å². The largest absolute Gasteiger partial charge is 0.351 e. The van der Waals surface area contributed by atoms with Crippen molar-refractivity contribution in [3.05, 3.63) is 29.8 Å². The lowest BCUT2D eigenvalue weighted by molar-refractivity contribution is 0.0910. The zero-order valence-electron chi connectivity index (χ0n) is 11.7. The summed E-state index contributed by atoms with van der Waals surface area (Å²) in [7, 11) is 0. The van der Waals surface area contributed by atoms with E-state index in [-0.39, 0.29) is 11.9 Å². The van der Waals surface area contributed by atoms with E-state index < -0.39 is 6.03 Å². The third kappa shape index (κ3) is 3.73. The molecule has 0 aliphatic heterocycles. The molecule has 0 heterocycles. The first kappa shape index (κ1) is 14.4. The lowest BCUT2D eigenvalue weighted by Crippen LogP contribution is -2.41. The molecule has 5 nitrogen and oxygen atoms in total. The molecule has 0 spiro atoms. The second kappa shape index (κ2) is 6.41. The van der Waals surface area contributed by atoms with Gasteiger partial charge in [-0.05, 0) is 43.0 Å². The summed E-state index contributed by atoms with van der Waals surface area (Å²) in [6.07, 6.45) is 4.65. The number of nitrogens with one attached hydrogen (secondary N) is 2. The molecule has 1 aromatic rings. The highest BCUT2D eigenvalue weighted by molar-refractivity contribution is 5.95. The molecule has 1 aliphatic carbocycles. The zero-order chi connectivity index (χ0) is 14.5. The van der Waals surface area contributed by atoms with Crippen LogP contribution >= 0.6 is 0 Å². The van der Waals surface area contributed by atoms with Crippen LogP contribution in [0.25, 0.3) is 0 Å². The average Bonchev–Trinajstić information content (AvgIpc) is 2.41. The number of carbonyl (C=O) groups is 2. The number of urea groups is 1. The van der Waals surface area contributed by atoms with Gasteiger partial charge in [0.05, 0.1) is 0 Å². The summed E-state index contributed by atoms with van der Waals surface area (Å²) in [5, 5.41) is 5.56. The van der Waals surface area contributed by atoms with Crippen molar-refractivity contribution in [3.63, 3.8) is 0 Å². The van der Waals surface area contributed by atoms with Gasteiger partial charge in [0.1, 0.15) is 0 Å². The summed E-state index contributed by atoms with van der Waals surface area (Å²) in [5.41, 5.74) is 6.21. The SMILES string of the molecule is CC1CCCCC1NC(=O)c1ccc(NC(N)=O)cc1. The Morgan fingerprint density at radius 2 is 1.80 bits per heavy atom. The van der Waals surface area contributed by atoms with Crippen molar-refractivity contribution in [2.24, 2.45) is 11.7 Å². The Morgan fingerprint density at radius 1 is 1.15 bits per heavy atom. The van der Waals surface area contributed by atoms with E-state index in [1.165, 1.54) is 19.3 Å². The van der Waals surface area contributed by atoms with Gasteiger partial charge in [0.25, 0.3) is 5.91 Å². The molecule has 2 atom stereocenters. The highest BCUT2D eigenvalue weighted by Crippen LogP contribution is 2.24. The number of amides is 3. The van der Waals surface area contributed by atoms with Crippen LogP contribution in [0, 0.1) is 5.92 Å². The molecule has 0 radical (unpaired) electrons. The van der Waals surface area contributed by atoms with Gasteiger partial charge in [-0.3, -0.25) is 4.79 Å². The highest BCUT2D eigenvalue weighted by Gasteiger charge is 2.23. The van der Waals surface area contributed by atoms with E-state index in [0.29, 0.717) is 17.2 Å². The van der Waals surface area contributed by atoms with Gasteiger partial charge in [-0.25, -0.2) is 4.79 Å². The monoisotopic (exact) mass is 275 g/mol. The Hall–Kier alpha value is -2.04. The molecule has 4 N–H and O–H groups in total. The van der Waals surface area contributed by atoms with Crippen molar-refractivity contribution < 1.29 is 9.59 Å². The molecule has 3 amide bonds. The summed E-state index contributed by atoms with van der Waals surface area (Å²) in [6.45, 7) is 2.18. The Morgan fingerprint density at radius 3 is 2.40 bits per heavy atom. The maximum Gasteiger partial charge on any atom is 0.316 e. The molecule has 2 unspecified atom stereocenters. The summed E-state index contributed by atoms with van der Waals surface area (Å²) in [4.78, 5) is 22.9. The van der Waals surface area contributed by atoms with E-state index in [4.69, 9.17) is 5.73 Å². The van der Waals surface area contributed by atoms with E-state index in [2.05, 4.69) is 17.6 Å². The Kier molecular flexibility index (Phi) is 4.61. The molecule has 20 heavy (non-hydrogen) atoms. The van der Waals surface area contributed by atoms with Gasteiger partial charge in [-0.15, -0.1) is 0 Å². The van der Waals surface area contributed by atoms with E-state index >= 15 is 0 Å². The number of carbonyl (C=O) groups excluding carboxylic acids is 2. The van der Waals surface area contributed by atoms with Crippen molar-refractivity contribution >= 4 is 17.6 Å². The van der Waals surface area contributed by atoms with Crippen molar-refractivity contribution in [1.82, 2.24) is 5.32 Å². The molecule has 108 valence electrons. The molecule has 1 fully saturated rings. The van der Waals surface area contributed by atoms with E-state index in [1.54, 1.807) is 24.3 Å². The molecule has 0 saturated heterocycles. The Balaban J connectivity index is 1.96. The van der Waals surface area contributed by atoms with Crippen LogP contribution in [0.1, 0.15) is 43.0 Å². The molecule has 5 heteroatoms. The minimum absolute atomic E-state index is 0.0608. The number of hydrogen-bond donors (Lipinski definition) is 3. The van der Waals surface area contributed by atoms with Crippen LogP contribution in [0.3, 0.4) is 0 Å². The number of rotatable bonds is 3. The maximum absolute atomic E-state index is 12.2. The van der Waals surface area contributed by atoms with E-state index in [1.807, 2.05) is 0 Å². The number of benzene rings is 1. The highest BCUT2D eigenvalue weighted by atomic mass is 16.2. The minimum atomic E-state index is -0.613. The van der Waals surface area contributed by atoms with Crippen LogP contribution in [0.2, 0.25) is 0 Å². The van der Waals surface area contributed by atoms with Gasteiger partial charge in [0.15, 0.2) is 0 Å². The van der Waals surface area contributed by atoms with Crippen molar-refractivity contribution in [1.29, 1.82) is 0 Å². The summed E-state index contributed by atoms with van der Waals surface area (Å²) in [6, 6.07) is 6.37. The second-order valence-electron chi connectivity index (χ2n) is 5.41. The quantitative estimate of drug-likeness (QED) is 0.791. The first-order valence-corrected chi connectivity index (χ1v) is 7.03. The number of nitrogens with two attached hydrogens (primary N) is 1. The minimum Gasteiger partial charge on any atom is -0.351 e. The fraction of sp³-hybridized carbons (Fsp3) is 0.467. The maximum atomic E-state index is 12.2. The smallest absolute Gasteiger partial charge is 0.316 e. The number of primary amides is 1. The van der Waals surface area contributed by atoms with Crippen LogP contribution in [-0.4, -0.2) is 18.0 Å². The van der Waals surface area contributed by atoms with Gasteiger partial charge in [0.2, 0.25) is 0 Å². The van der Waals surface area contributed by atoms with Gasteiger partial charge in [0, 0.05) is 17.3 Å².